The molecule has 0 aromatic carbocycles. The Morgan fingerprint density at radius 1 is 1.26 bits per heavy atom. The summed E-state index contributed by atoms with van der Waals surface area (Å²) in [6.07, 6.45) is 5.55. The van der Waals surface area contributed by atoms with Crippen molar-refractivity contribution in [2.45, 2.75) is 65.0 Å². The van der Waals surface area contributed by atoms with E-state index in [2.05, 4.69) is 17.6 Å². The summed E-state index contributed by atoms with van der Waals surface area (Å²) in [5.74, 6) is -0.598. The molecule has 1 fully saturated rings. The van der Waals surface area contributed by atoms with E-state index in [1.165, 1.54) is 6.42 Å². The standard InChI is InChI=1S/C14H26N2O3/c1-4-10-7-5-6-8-11(10)15-14(19)16-12(9(2)3)13(17)18/h9-12H,4-8H2,1-3H3,(H,17,18)(H2,15,16,19)/t10?,11?,12-/m0/s1. The van der Waals surface area contributed by atoms with Gasteiger partial charge in [-0.1, -0.05) is 40.0 Å². The van der Waals surface area contributed by atoms with Crippen LogP contribution < -0.4 is 10.6 Å². The van der Waals surface area contributed by atoms with Gasteiger partial charge in [-0.3, -0.25) is 0 Å². The molecule has 19 heavy (non-hydrogen) atoms. The predicted molar refractivity (Wildman–Crippen MR) is 74.0 cm³/mol. The molecule has 2 amide bonds. The van der Waals surface area contributed by atoms with Crippen molar-refractivity contribution in [1.82, 2.24) is 10.6 Å². The van der Waals surface area contributed by atoms with Crippen LogP contribution in [0.1, 0.15) is 52.9 Å². The number of carboxylic acid groups (broad SMARTS) is 1. The molecule has 3 N–H and O–H groups in total. The van der Waals surface area contributed by atoms with E-state index in [4.69, 9.17) is 5.11 Å². The summed E-state index contributed by atoms with van der Waals surface area (Å²) in [4.78, 5) is 23.0. The zero-order valence-electron chi connectivity index (χ0n) is 12.1. The minimum atomic E-state index is -0.985. The summed E-state index contributed by atoms with van der Waals surface area (Å²) in [7, 11) is 0. The average Bonchev–Trinajstić information content (AvgIpc) is 2.36. The van der Waals surface area contributed by atoms with Crippen molar-refractivity contribution in [1.29, 1.82) is 0 Å². The molecule has 0 heterocycles. The van der Waals surface area contributed by atoms with Crippen molar-refractivity contribution in [3.05, 3.63) is 0 Å². The number of carbonyl (C=O) groups is 2. The molecule has 0 aromatic heterocycles. The highest BCUT2D eigenvalue weighted by Gasteiger charge is 2.28. The molecule has 5 nitrogen and oxygen atoms in total. The Hall–Kier alpha value is -1.26. The van der Waals surface area contributed by atoms with Gasteiger partial charge in [0.1, 0.15) is 6.04 Å². The Kier molecular flexibility index (Phi) is 6.12. The SMILES string of the molecule is CCC1CCCCC1NC(=O)N[C@H](C(=O)O)C(C)C. The monoisotopic (exact) mass is 270 g/mol. The van der Waals surface area contributed by atoms with Crippen LogP contribution in [0.5, 0.6) is 0 Å². The molecule has 110 valence electrons. The van der Waals surface area contributed by atoms with Crippen LogP contribution in [0.2, 0.25) is 0 Å². The molecule has 0 aromatic rings. The highest BCUT2D eigenvalue weighted by atomic mass is 16.4. The molecular weight excluding hydrogens is 244 g/mol. The second kappa shape index (κ2) is 7.36. The van der Waals surface area contributed by atoms with Gasteiger partial charge in [-0.05, 0) is 24.7 Å². The average molecular weight is 270 g/mol. The van der Waals surface area contributed by atoms with Crippen molar-refractivity contribution in [3.8, 4) is 0 Å². The molecule has 1 saturated carbocycles. The fourth-order valence-corrected chi connectivity index (χ4v) is 2.75. The van der Waals surface area contributed by atoms with Crippen LogP contribution in [-0.4, -0.2) is 29.2 Å². The van der Waals surface area contributed by atoms with Crippen LogP contribution in [0.3, 0.4) is 0 Å². The molecule has 1 rings (SSSR count). The Bertz CT molecular complexity index is 318. The highest BCUT2D eigenvalue weighted by molar-refractivity contribution is 5.82. The number of nitrogens with one attached hydrogen (secondary N) is 2. The molecule has 0 spiro atoms. The number of hydrogen-bond acceptors (Lipinski definition) is 2. The van der Waals surface area contributed by atoms with Gasteiger partial charge in [0.2, 0.25) is 0 Å². The first-order chi connectivity index (χ1) is 8.95. The molecule has 2 unspecified atom stereocenters. The van der Waals surface area contributed by atoms with E-state index in [0.717, 1.165) is 25.7 Å². The minimum absolute atomic E-state index is 0.128. The lowest BCUT2D eigenvalue weighted by Gasteiger charge is -2.32. The molecule has 0 saturated heterocycles. The Morgan fingerprint density at radius 3 is 2.42 bits per heavy atom. The maximum Gasteiger partial charge on any atom is 0.326 e. The van der Waals surface area contributed by atoms with E-state index in [0.29, 0.717) is 5.92 Å². The van der Waals surface area contributed by atoms with Gasteiger partial charge in [0, 0.05) is 6.04 Å². The lowest BCUT2D eigenvalue weighted by molar-refractivity contribution is -0.140. The Morgan fingerprint density at radius 2 is 1.89 bits per heavy atom. The van der Waals surface area contributed by atoms with Crippen molar-refractivity contribution in [2.24, 2.45) is 11.8 Å². The predicted octanol–water partition coefficient (Wildman–Crippen LogP) is 2.36. The Labute approximate surface area is 115 Å². The van der Waals surface area contributed by atoms with Gasteiger partial charge < -0.3 is 15.7 Å². The van der Waals surface area contributed by atoms with E-state index >= 15 is 0 Å². The number of urea groups is 1. The van der Waals surface area contributed by atoms with Crippen LogP contribution in [0.25, 0.3) is 0 Å². The molecule has 3 atom stereocenters. The first-order valence-corrected chi connectivity index (χ1v) is 7.25. The molecular formula is C14H26N2O3. The number of carbonyl (C=O) groups excluding carboxylic acids is 1. The van der Waals surface area contributed by atoms with Crippen molar-refractivity contribution in [2.75, 3.05) is 0 Å². The number of aliphatic carboxylic acids is 1. The van der Waals surface area contributed by atoms with Gasteiger partial charge >= 0.3 is 12.0 Å². The van der Waals surface area contributed by atoms with Gasteiger partial charge in [0.15, 0.2) is 0 Å². The summed E-state index contributed by atoms with van der Waals surface area (Å²) >= 11 is 0. The number of hydrogen-bond donors (Lipinski definition) is 3. The van der Waals surface area contributed by atoms with Crippen molar-refractivity contribution >= 4 is 12.0 Å². The molecule has 0 radical (unpaired) electrons. The Balaban J connectivity index is 2.51. The van der Waals surface area contributed by atoms with Gasteiger partial charge in [0.25, 0.3) is 0 Å². The summed E-state index contributed by atoms with van der Waals surface area (Å²) in [6.45, 7) is 5.71. The van der Waals surface area contributed by atoms with Gasteiger partial charge in [0.05, 0.1) is 0 Å². The number of rotatable bonds is 5. The second-order valence-electron chi connectivity index (χ2n) is 5.74. The largest absolute Gasteiger partial charge is 0.480 e. The third-order valence-corrected chi connectivity index (χ3v) is 3.97. The van der Waals surface area contributed by atoms with E-state index in [1.807, 2.05) is 0 Å². The molecule has 1 aliphatic carbocycles. The maximum atomic E-state index is 11.9. The lowest BCUT2D eigenvalue weighted by Crippen LogP contribution is -2.52. The first kappa shape index (κ1) is 15.8. The summed E-state index contributed by atoms with van der Waals surface area (Å²) in [6, 6.07) is -1.00. The maximum absolute atomic E-state index is 11.9. The zero-order chi connectivity index (χ0) is 14.4. The number of carboxylic acids is 1. The lowest BCUT2D eigenvalue weighted by atomic mass is 9.83. The third kappa shape index (κ3) is 4.73. The van der Waals surface area contributed by atoms with Crippen LogP contribution in [0.4, 0.5) is 4.79 Å². The number of amides is 2. The second-order valence-corrected chi connectivity index (χ2v) is 5.74. The minimum Gasteiger partial charge on any atom is -0.480 e. The van der Waals surface area contributed by atoms with Gasteiger partial charge in [-0.2, -0.15) is 0 Å². The quantitative estimate of drug-likeness (QED) is 0.717. The van der Waals surface area contributed by atoms with Crippen molar-refractivity contribution in [3.63, 3.8) is 0 Å². The summed E-state index contributed by atoms with van der Waals surface area (Å²) < 4.78 is 0. The summed E-state index contributed by atoms with van der Waals surface area (Å²) in [5, 5.41) is 14.6. The fraction of sp³-hybridized carbons (Fsp3) is 0.857. The van der Waals surface area contributed by atoms with E-state index in [9.17, 15) is 9.59 Å². The first-order valence-electron chi connectivity index (χ1n) is 7.25. The molecule has 0 bridgehead atoms. The van der Waals surface area contributed by atoms with E-state index in [1.54, 1.807) is 13.8 Å². The van der Waals surface area contributed by atoms with Crippen LogP contribution in [0, 0.1) is 11.8 Å². The smallest absolute Gasteiger partial charge is 0.326 e. The van der Waals surface area contributed by atoms with Crippen molar-refractivity contribution < 1.29 is 14.7 Å². The van der Waals surface area contributed by atoms with Crippen LogP contribution in [-0.2, 0) is 4.79 Å². The van der Waals surface area contributed by atoms with Gasteiger partial charge in [-0.15, -0.1) is 0 Å². The fourth-order valence-electron chi connectivity index (χ4n) is 2.75. The molecule has 5 heteroatoms. The van der Waals surface area contributed by atoms with Gasteiger partial charge in [-0.25, -0.2) is 9.59 Å². The van der Waals surface area contributed by atoms with E-state index < -0.39 is 12.0 Å². The molecule has 1 aliphatic rings. The summed E-state index contributed by atoms with van der Waals surface area (Å²) in [5.41, 5.74) is 0. The normalized spacial score (nSPS) is 24.8. The molecule has 0 aliphatic heterocycles. The van der Waals surface area contributed by atoms with Crippen LogP contribution >= 0.6 is 0 Å². The topological polar surface area (TPSA) is 78.4 Å². The van der Waals surface area contributed by atoms with E-state index in [-0.39, 0.29) is 18.0 Å². The third-order valence-electron chi connectivity index (χ3n) is 3.97. The highest BCUT2D eigenvalue weighted by Crippen LogP contribution is 2.26. The van der Waals surface area contributed by atoms with Crippen LogP contribution in [0.15, 0.2) is 0 Å². The zero-order valence-corrected chi connectivity index (χ0v) is 12.1.